The predicted octanol–water partition coefficient (Wildman–Crippen LogP) is 2.49. The van der Waals surface area contributed by atoms with Crippen LogP contribution in [0.5, 0.6) is 0 Å². The topological polar surface area (TPSA) is 64.7 Å². The monoisotopic (exact) mass is 330 g/mol. The van der Waals surface area contributed by atoms with Crippen LogP contribution in [0.1, 0.15) is 55.4 Å². The van der Waals surface area contributed by atoms with Gasteiger partial charge in [-0.1, -0.05) is 0 Å². The van der Waals surface area contributed by atoms with Gasteiger partial charge in [0.05, 0.1) is 0 Å². The number of carbonyl (C=O) groups is 2. The molecule has 0 radical (unpaired) electrons. The van der Waals surface area contributed by atoms with Crippen LogP contribution >= 0.6 is 0 Å². The molecule has 0 aliphatic carbocycles. The van der Waals surface area contributed by atoms with Crippen molar-refractivity contribution in [1.82, 2.24) is 19.8 Å². The highest BCUT2D eigenvalue weighted by Gasteiger charge is 2.34. The van der Waals surface area contributed by atoms with Crippen LogP contribution < -0.4 is 10.6 Å². The van der Waals surface area contributed by atoms with Gasteiger partial charge in [0.2, 0.25) is 0 Å². The number of nitrogens with one attached hydrogen (secondary N) is 2. The molecule has 0 spiro atoms. The molecule has 0 heterocycles. The fourth-order valence-corrected chi connectivity index (χ4v) is 5.27. The Morgan fingerprint density at radius 2 is 1.00 bits per heavy atom. The minimum absolute atomic E-state index is 0.0496. The van der Waals surface area contributed by atoms with Crippen molar-refractivity contribution in [2.24, 2.45) is 0 Å². The fraction of sp³-hybridized carbons (Fsp3) is 0.867. The quantitative estimate of drug-likeness (QED) is 0.735. The largest absolute Gasteiger partial charge is 0.336 e. The second kappa shape index (κ2) is 9.02. The van der Waals surface area contributed by atoms with Crippen molar-refractivity contribution in [3.63, 3.8) is 0 Å². The lowest BCUT2D eigenvalue weighted by Crippen LogP contribution is -2.64. The first-order valence-corrected chi connectivity index (χ1v) is 10.3. The van der Waals surface area contributed by atoms with Gasteiger partial charge >= 0.3 is 12.1 Å². The van der Waals surface area contributed by atoms with Crippen molar-refractivity contribution in [3.05, 3.63) is 0 Å². The summed E-state index contributed by atoms with van der Waals surface area (Å²) >= 11 is 0. The SMILES string of the molecule is CC(C)NC(=O)N(C(C)C)[SiH](C)N(C(=O)NC(C)C)C(C)C. The highest BCUT2D eigenvalue weighted by atomic mass is 28.3. The molecular weight excluding hydrogens is 296 g/mol. The molecule has 0 aromatic carbocycles. The zero-order valence-corrected chi connectivity index (χ0v) is 16.8. The van der Waals surface area contributed by atoms with Crippen LogP contribution in [0.4, 0.5) is 9.59 Å². The van der Waals surface area contributed by atoms with E-state index in [0.717, 1.165) is 0 Å². The van der Waals surface area contributed by atoms with Gasteiger partial charge in [0, 0.05) is 24.2 Å². The van der Waals surface area contributed by atoms with E-state index in [1.54, 1.807) is 0 Å². The minimum Gasteiger partial charge on any atom is -0.336 e. The molecule has 6 nitrogen and oxygen atoms in total. The zero-order valence-electron chi connectivity index (χ0n) is 15.6. The summed E-state index contributed by atoms with van der Waals surface area (Å²) in [5.41, 5.74) is 0. The third kappa shape index (κ3) is 6.25. The third-order valence-corrected chi connectivity index (χ3v) is 6.48. The molecule has 0 bridgehead atoms. The predicted molar refractivity (Wildman–Crippen MR) is 94.3 cm³/mol. The molecule has 130 valence electrons. The van der Waals surface area contributed by atoms with Crippen LogP contribution in [0.15, 0.2) is 0 Å². The smallest absolute Gasteiger partial charge is 0.310 e. The van der Waals surface area contributed by atoms with Crippen molar-refractivity contribution >= 4 is 21.2 Å². The second-order valence-electron chi connectivity index (χ2n) is 6.84. The van der Waals surface area contributed by atoms with Crippen molar-refractivity contribution in [1.29, 1.82) is 0 Å². The van der Waals surface area contributed by atoms with E-state index >= 15 is 0 Å². The fourth-order valence-electron chi connectivity index (χ4n) is 2.45. The van der Waals surface area contributed by atoms with Gasteiger partial charge in [-0.3, -0.25) is 0 Å². The van der Waals surface area contributed by atoms with E-state index in [1.807, 2.05) is 71.1 Å². The minimum atomic E-state index is -1.94. The summed E-state index contributed by atoms with van der Waals surface area (Å²) in [5.74, 6) is 0. The van der Waals surface area contributed by atoms with Gasteiger partial charge in [-0.25, -0.2) is 9.59 Å². The average Bonchev–Trinajstić information content (AvgIpc) is 2.24. The Morgan fingerprint density at radius 3 is 1.18 bits per heavy atom. The van der Waals surface area contributed by atoms with Crippen molar-refractivity contribution < 1.29 is 9.59 Å². The Balaban J connectivity index is 5.33. The number of rotatable bonds is 6. The molecule has 2 N–H and O–H groups in total. The highest BCUT2D eigenvalue weighted by Crippen LogP contribution is 2.12. The molecule has 0 saturated heterocycles. The number of nitrogens with zero attached hydrogens (tertiary/aromatic N) is 2. The molecule has 0 unspecified atom stereocenters. The van der Waals surface area contributed by atoms with E-state index in [0.29, 0.717) is 0 Å². The first kappa shape index (κ1) is 20.8. The van der Waals surface area contributed by atoms with Crippen LogP contribution in [-0.4, -0.2) is 54.5 Å². The van der Waals surface area contributed by atoms with E-state index in [4.69, 9.17) is 0 Å². The lowest BCUT2D eigenvalue weighted by atomic mass is 10.4. The van der Waals surface area contributed by atoms with E-state index in [1.165, 1.54) is 0 Å². The maximum atomic E-state index is 12.5. The molecule has 7 heteroatoms. The van der Waals surface area contributed by atoms with Crippen LogP contribution in [0, 0.1) is 0 Å². The number of hydrogen-bond acceptors (Lipinski definition) is 2. The van der Waals surface area contributed by atoms with E-state index in [-0.39, 0.29) is 36.2 Å². The normalized spacial score (nSPS) is 11.5. The Hall–Kier alpha value is -1.24. The highest BCUT2D eigenvalue weighted by molar-refractivity contribution is 6.57. The Morgan fingerprint density at radius 1 is 0.727 bits per heavy atom. The second-order valence-corrected chi connectivity index (χ2v) is 9.22. The lowest BCUT2D eigenvalue weighted by Gasteiger charge is -2.41. The average molecular weight is 331 g/mol. The van der Waals surface area contributed by atoms with Crippen molar-refractivity contribution in [2.75, 3.05) is 0 Å². The number of amides is 4. The van der Waals surface area contributed by atoms with Gasteiger partial charge in [0.25, 0.3) is 9.12 Å². The molecule has 4 amide bonds. The first-order valence-electron chi connectivity index (χ1n) is 8.16. The first-order chi connectivity index (χ1) is 9.98. The van der Waals surface area contributed by atoms with Crippen molar-refractivity contribution in [3.8, 4) is 0 Å². The standard InChI is InChI=1S/C15H34N4O2Si/c1-10(2)16-14(20)18(12(5)6)22(9)19(13(7)8)15(21)17-11(3)4/h10-13,22H,1-9H3,(H,16,20)(H,17,21). The summed E-state index contributed by atoms with van der Waals surface area (Å²) in [4.78, 5) is 25.0. The van der Waals surface area contributed by atoms with E-state index in [2.05, 4.69) is 10.6 Å². The summed E-state index contributed by atoms with van der Waals surface area (Å²) in [6, 6.07) is 0.0697. The van der Waals surface area contributed by atoms with Gasteiger partial charge in [0.1, 0.15) is 0 Å². The lowest BCUT2D eigenvalue weighted by molar-refractivity contribution is 0.197. The molecule has 0 aromatic heterocycles. The molecule has 0 aliphatic heterocycles. The van der Waals surface area contributed by atoms with Gasteiger partial charge in [-0.05, 0) is 61.9 Å². The molecule has 0 aliphatic rings. The van der Waals surface area contributed by atoms with Crippen LogP contribution in [0.2, 0.25) is 6.55 Å². The molecule has 0 atom stereocenters. The third-order valence-electron chi connectivity index (χ3n) is 3.21. The summed E-state index contributed by atoms with van der Waals surface area (Å²) in [6.07, 6.45) is 0. The molecule has 22 heavy (non-hydrogen) atoms. The maximum absolute atomic E-state index is 12.5. The summed E-state index contributed by atoms with van der Waals surface area (Å²) in [6.45, 7) is 17.7. The molecular formula is C15H34N4O2Si. The van der Waals surface area contributed by atoms with Crippen LogP contribution in [-0.2, 0) is 0 Å². The molecule has 0 fully saturated rings. The molecule has 0 aromatic rings. The van der Waals surface area contributed by atoms with Crippen LogP contribution in [0.3, 0.4) is 0 Å². The number of hydrogen-bond donors (Lipinski definition) is 2. The Bertz CT molecular complexity index is 339. The number of carbonyl (C=O) groups excluding carboxylic acids is 2. The summed E-state index contributed by atoms with van der Waals surface area (Å²) in [5, 5.41) is 5.88. The summed E-state index contributed by atoms with van der Waals surface area (Å²) < 4.78 is 3.69. The number of urea groups is 2. The van der Waals surface area contributed by atoms with Gasteiger partial charge in [-0.2, -0.15) is 0 Å². The van der Waals surface area contributed by atoms with Crippen molar-refractivity contribution in [2.45, 2.75) is 86.1 Å². The Kier molecular flexibility index (Phi) is 8.51. The van der Waals surface area contributed by atoms with E-state index in [9.17, 15) is 9.59 Å². The van der Waals surface area contributed by atoms with Gasteiger partial charge < -0.3 is 19.8 Å². The molecule has 0 saturated carbocycles. The molecule has 0 rings (SSSR count). The maximum Gasteiger partial charge on any atom is 0.310 e. The van der Waals surface area contributed by atoms with Gasteiger partial charge in [0.15, 0.2) is 0 Å². The Labute approximate surface area is 137 Å². The van der Waals surface area contributed by atoms with E-state index < -0.39 is 9.12 Å². The van der Waals surface area contributed by atoms with Crippen LogP contribution in [0.25, 0.3) is 0 Å². The summed E-state index contributed by atoms with van der Waals surface area (Å²) in [7, 11) is -1.94. The van der Waals surface area contributed by atoms with Gasteiger partial charge in [-0.15, -0.1) is 0 Å². The zero-order chi connectivity index (χ0) is 17.6.